The van der Waals surface area contributed by atoms with E-state index in [9.17, 15) is 18.0 Å². The third-order valence-electron chi connectivity index (χ3n) is 3.52. The summed E-state index contributed by atoms with van der Waals surface area (Å²) in [6.45, 7) is 0.227. The zero-order valence-electron chi connectivity index (χ0n) is 13.9. The van der Waals surface area contributed by atoms with E-state index >= 15 is 0 Å². The molecule has 0 spiro atoms. The number of alkyl halides is 3. The van der Waals surface area contributed by atoms with Crippen LogP contribution in [0.1, 0.15) is 16.2 Å². The summed E-state index contributed by atoms with van der Waals surface area (Å²) in [6.07, 6.45) is -3.34. The van der Waals surface area contributed by atoms with Crippen LogP contribution in [0.25, 0.3) is 5.69 Å². The summed E-state index contributed by atoms with van der Waals surface area (Å²) in [4.78, 5) is 15.1. The minimum absolute atomic E-state index is 0.00688. The van der Waals surface area contributed by atoms with E-state index in [1.54, 1.807) is 6.07 Å². The van der Waals surface area contributed by atoms with Crippen LogP contribution in [0.2, 0.25) is 5.02 Å². The number of anilines is 1. The lowest BCUT2D eigenvalue weighted by Gasteiger charge is -2.09. The number of hydrogen-bond donors (Lipinski definition) is 2. The first-order chi connectivity index (χ1) is 13.2. The second kappa shape index (κ2) is 7.77. The fourth-order valence-corrected chi connectivity index (χ4v) is 2.54. The monoisotopic (exact) mass is 412 g/mol. The van der Waals surface area contributed by atoms with E-state index in [2.05, 4.69) is 20.1 Å². The zero-order valence-corrected chi connectivity index (χ0v) is 14.7. The molecule has 11 heteroatoms. The average molecular weight is 413 g/mol. The van der Waals surface area contributed by atoms with Gasteiger partial charge in [-0.1, -0.05) is 11.6 Å². The van der Waals surface area contributed by atoms with E-state index in [1.807, 2.05) is 0 Å². The highest BCUT2D eigenvalue weighted by Crippen LogP contribution is 2.24. The molecule has 0 aliphatic heterocycles. The number of aromatic nitrogens is 3. The first-order valence-corrected chi connectivity index (χ1v) is 8.12. The highest BCUT2D eigenvalue weighted by Gasteiger charge is 2.30. The maximum absolute atomic E-state index is 12.2. The van der Waals surface area contributed by atoms with Gasteiger partial charge in [-0.3, -0.25) is 0 Å². The largest absolute Gasteiger partial charge is 0.573 e. The van der Waals surface area contributed by atoms with Crippen LogP contribution in [0.15, 0.2) is 48.8 Å². The topological polar surface area (TPSA) is 89.3 Å². The molecule has 3 rings (SSSR count). The molecule has 0 radical (unpaired) electrons. The van der Waals surface area contributed by atoms with E-state index in [-0.39, 0.29) is 22.9 Å². The number of carboxylic acid groups (broad SMARTS) is 1. The van der Waals surface area contributed by atoms with E-state index in [1.165, 1.54) is 47.4 Å². The Kier molecular flexibility index (Phi) is 5.41. The molecule has 0 atom stereocenters. The summed E-state index contributed by atoms with van der Waals surface area (Å²) in [5.74, 6) is -1.04. The molecule has 0 unspecified atom stereocenters. The van der Waals surface area contributed by atoms with Gasteiger partial charge in [0.05, 0.1) is 22.8 Å². The van der Waals surface area contributed by atoms with Crippen LogP contribution in [0, 0.1) is 0 Å². The number of benzene rings is 2. The van der Waals surface area contributed by atoms with Crippen LogP contribution in [0.3, 0.4) is 0 Å². The Labute approximate surface area is 161 Å². The number of hydrogen-bond acceptors (Lipinski definition) is 5. The SMILES string of the molecule is O=C(O)c1ccc(NCc2ncn(-c3ccc(OC(F)(F)F)cc3)n2)cc1Cl. The summed E-state index contributed by atoms with van der Waals surface area (Å²) in [7, 11) is 0. The number of rotatable bonds is 6. The first kappa shape index (κ1) is 19.5. The molecular weight excluding hydrogens is 401 g/mol. The molecule has 28 heavy (non-hydrogen) atoms. The van der Waals surface area contributed by atoms with Gasteiger partial charge in [-0.15, -0.1) is 18.3 Å². The number of aromatic carboxylic acids is 1. The second-order valence-electron chi connectivity index (χ2n) is 5.50. The van der Waals surface area contributed by atoms with E-state index in [0.717, 1.165) is 0 Å². The van der Waals surface area contributed by atoms with Crippen molar-refractivity contribution in [1.82, 2.24) is 14.8 Å². The van der Waals surface area contributed by atoms with Gasteiger partial charge < -0.3 is 15.2 Å². The number of carbonyl (C=O) groups is 1. The van der Waals surface area contributed by atoms with Crippen LogP contribution in [0.5, 0.6) is 5.75 Å². The van der Waals surface area contributed by atoms with Gasteiger partial charge in [0, 0.05) is 5.69 Å². The van der Waals surface area contributed by atoms with Crippen molar-refractivity contribution in [3.05, 3.63) is 65.2 Å². The quantitative estimate of drug-likeness (QED) is 0.633. The molecule has 0 amide bonds. The summed E-state index contributed by atoms with van der Waals surface area (Å²) < 4.78 is 41.8. The molecule has 7 nitrogen and oxygen atoms in total. The molecule has 0 aliphatic rings. The minimum atomic E-state index is -4.75. The van der Waals surface area contributed by atoms with Crippen molar-refractivity contribution in [2.75, 3.05) is 5.32 Å². The number of halogens is 4. The predicted octanol–water partition coefficient (Wildman–Crippen LogP) is 4.13. The fraction of sp³-hybridized carbons (Fsp3) is 0.118. The summed E-state index contributed by atoms with van der Waals surface area (Å²) >= 11 is 5.91. The summed E-state index contributed by atoms with van der Waals surface area (Å²) in [5.41, 5.74) is 1.08. The lowest BCUT2D eigenvalue weighted by molar-refractivity contribution is -0.274. The number of nitrogens with one attached hydrogen (secondary N) is 1. The highest BCUT2D eigenvalue weighted by molar-refractivity contribution is 6.33. The van der Waals surface area contributed by atoms with Crippen molar-refractivity contribution in [3.8, 4) is 11.4 Å². The average Bonchev–Trinajstić information content (AvgIpc) is 3.08. The lowest BCUT2D eigenvalue weighted by Crippen LogP contribution is -2.17. The smallest absolute Gasteiger partial charge is 0.478 e. The normalized spacial score (nSPS) is 11.3. The third-order valence-corrected chi connectivity index (χ3v) is 3.84. The van der Waals surface area contributed by atoms with Gasteiger partial charge >= 0.3 is 12.3 Å². The van der Waals surface area contributed by atoms with E-state index in [4.69, 9.17) is 16.7 Å². The van der Waals surface area contributed by atoms with Gasteiger partial charge in [0.15, 0.2) is 5.82 Å². The molecule has 2 N–H and O–H groups in total. The van der Waals surface area contributed by atoms with E-state index in [0.29, 0.717) is 17.2 Å². The number of carboxylic acids is 1. The van der Waals surface area contributed by atoms with E-state index < -0.39 is 12.3 Å². The van der Waals surface area contributed by atoms with Crippen molar-refractivity contribution in [2.45, 2.75) is 12.9 Å². The van der Waals surface area contributed by atoms with Gasteiger partial charge in [0.1, 0.15) is 12.1 Å². The molecule has 3 aromatic rings. The molecule has 146 valence electrons. The molecule has 1 heterocycles. The van der Waals surface area contributed by atoms with Crippen molar-refractivity contribution < 1.29 is 27.8 Å². The van der Waals surface area contributed by atoms with Gasteiger partial charge in [0.25, 0.3) is 0 Å². The number of ether oxygens (including phenoxy) is 1. The van der Waals surface area contributed by atoms with Gasteiger partial charge in [-0.2, -0.15) is 0 Å². The Bertz CT molecular complexity index is 990. The molecule has 0 saturated carbocycles. The van der Waals surface area contributed by atoms with Gasteiger partial charge in [-0.05, 0) is 42.5 Å². The lowest BCUT2D eigenvalue weighted by atomic mass is 10.2. The van der Waals surface area contributed by atoms with Crippen molar-refractivity contribution in [3.63, 3.8) is 0 Å². The van der Waals surface area contributed by atoms with Crippen LogP contribution >= 0.6 is 11.6 Å². The Balaban J connectivity index is 1.64. The molecule has 0 saturated heterocycles. The summed E-state index contributed by atoms with van der Waals surface area (Å²) in [6, 6.07) is 9.59. The minimum Gasteiger partial charge on any atom is -0.478 e. The van der Waals surface area contributed by atoms with Crippen LogP contribution < -0.4 is 10.1 Å². The van der Waals surface area contributed by atoms with Gasteiger partial charge in [-0.25, -0.2) is 14.5 Å². The fourth-order valence-electron chi connectivity index (χ4n) is 2.28. The standard InChI is InChI=1S/C17H12ClF3N4O3/c18-14-7-10(1-6-13(14)16(26)27)22-8-15-23-9-25(24-15)11-2-4-12(5-3-11)28-17(19,20)21/h1-7,9,22H,8H2,(H,26,27). The molecule has 2 aromatic carbocycles. The maximum atomic E-state index is 12.2. The Morgan fingerprint density at radius 2 is 1.93 bits per heavy atom. The molecule has 0 fully saturated rings. The van der Waals surface area contributed by atoms with Crippen LogP contribution in [-0.4, -0.2) is 32.2 Å². The van der Waals surface area contributed by atoms with Crippen LogP contribution in [-0.2, 0) is 6.54 Å². The molecular formula is C17H12ClF3N4O3. The van der Waals surface area contributed by atoms with Crippen LogP contribution in [0.4, 0.5) is 18.9 Å². The predicted molar refractivity (Wildman–Crippen MR) is 93.8 cm³/mol. The van der Waals surface area contributed by atoms with Crippen molar-refractivity contribution in [2.24, 2.45) is 0 Å². The van der Waals surface area contributed by atoms with Crippen molar-refractivity contribution >= 4 is 23.3 Å². The first-order valence-electron chi connectivity index (χ1n) is 7.75. The van der Waals surface area contributed by atoms with Gasteiger partial charge in [0.2, 0.25) is 0 Å². The Morgan fingerprint density at radius 3 is 2.54 bits per heavy atom. The molecule has 1 aromatic heterocycles. The summed E-state index contributed by atoms with van der Waals surface area (Å²) in [5, 5.41) is 16.3. The van der Waals surface area contributed by atoms with Crippen molar-refractivity contribution in [1.29, 1.82) is 0 Å². The zero-order chi connectivity index (χ0) is 20.3. The Hall–Kier alpha value is -3.27. The highest BCUT2D eigenvalue weighted by atomic mass is 35.5. The second-order valence-corrected chi connectivity index (χ2v) is 5.91. The molecule has 0 bridgehead atoms. The Morgan fingerprint density at radius 1 is 1.21 bits per heavy atom. The third kappa shape index (κ3) is 4.92. The maximum Gasteiger partial charge on any atom is 0.573 e. The number of nitrogens with zero attached hydrogens (tertiary/aromatic N) is 3. The molecule has 0 aliphatic carbocycles.